The molecule has 4 rings (SSSR count). The molecule has 2 aromatic carbocycles. The van der Waals surface area contributed by atoms with E-state index in [1.807, 2.05) is 24.3 Å². The lowest BCUT2D eigenvalue weighted by molar-refractivity contribution is 0.0622. The second-order valence-corrected chi connectivity index (χ2v) is 8.76. The van der Waals surface area contributed by atoms with Crippen LogP contribution in [0.5, 0.6) is 5.75 Å². The van der Waals surface area contributed by atoms with Crippen LogP contribution in [0.2, 0.25) is 0 Å². The number of piperidine rings is 1. The largest absolute Gasteiger partial charge is 0.482 e. The van der Waals surface area contributed by atoms with Crippen LogP contribution in [0.15, 0.2) is 54.6 Å². The van der Waals surface area contributed by atoms with Gasteiger partial charge in [-0.2, -0.15) is 0 Å². The zero-order valence-corrected chi connectivity index (χ0v) is 15.0. The smallest absolute Gasteiger partial charge is 0.211 e. The molecule has 0 aliphatic carbocycles. The molecule has 0 N–H and O–H groups in total. The Bertz CT molecular complexity index is 911. The minimum atomic E-state index is -3.12. The topological polar surface area (TPSA) is 46.6 Å². The minimum absolute atomic E-state index is 0.386. The Morgan fingerprint density at radius 3 is 2.40 bits per heavy atom. The maximum atomic E-state index is 11.7. The van der Waals surface area contributed by atoms with Crippen LogP contribution in [0.1, 0.15) is 18.4 Å². The zero-order valence-electron chi connectivity index (χ0n) is 14.2. The van der Waals surface area contributed by atoms with Crippen LogP contribution in [0.3, 0.4) is 0 Å². The van der Waals surface area contributed by atoms with Crippen molar-refractivity contribution >= 4 is 16.1 Å². The van der Waals surface area contributed by atoms with Gasteiger partial charge >= 0.3 is 0 Å². The molecule has 2 heterocycles. The molecule has 0 unspecified atom stereocenters. The molecule has 5 heteroatoms. The fourth-order valence-electron chi connectivity index (χ4n) is 3.54. The second-order valence-electron chi connectivity index (χ2n) is 6.78. The Hall–Kier alpha value is -2.11. The molecule has 1 fully saturated rings. The Morgan fingerprint density at radius 1 is 1.00 bits per heavy atom. The summed E-state index contributed by atoms with van der Waals surface area (Å²) in [6, 6.07) is 16.5. The van der Waals surface area contributed by atoms with Gasteiger partial charge in [-0.15, -0.1) is 0 Å². The maximum absolute atomic E-state index is 11.7. The minimum Gasteiger partial charge on any atom is -0.482 e. The zero-order chi connectivity index (χ0) is 17.5. The van der Waals surface area contributed by atoms with Gasteiger partial charge in [0.05, 0.1) is 6.26 Å². The predicted molar refractivity (Wildman–Crippen MR) is 99.9 cm³/mol. The van der Waals surface area contributed by atoms with Crippen LogP contribution < -0.4 is 4.74 Å². The molecular formula is C20H21NO3S. The summed E-state index contributed by atoms with van der Waals surface area (Å²) in [6.07, 6.45) is 6.83. The third kappa shape index (κ3) is 3.22. The highest BCUT2D eigenvalue weighted by Gasteiger charge is 2.38. The van der Waals surface area contributed by atoms with Gasteiger partial charge in [0.25, 0.3) is 0 Å². The molecule has 1 saturated heterocycles. The predicted octanol–water partition coefficient (Wildman–Crippen LogP) is 3.55. The number of sulfonamides is 1. The van der Waals surface area contributed by atoms with Gasteiger partial charge in [-0.3, -0.25) is 0 Å². The van der Waals surface area contributed by atoms with Crippen molar-refractivity contribution in [2.75, 3.05) is 19.3 Å². The van der Waals surface area contributed by atoms with Crippen LogP contribution in [0.25, 0.3) is 17.2 Å². The second kappa shape index (κ2) is 6.00. The van der Waals surface area contributed by atoms with Crippen LogP contribution in [0.4, 0.5) is 0 Å². The Labute approximate surface area is 148 Å². The van der Waals surface area contributed by atoms with E-state index >= 15 is 0 Å². The van der Waals surface area contributed by atoms with Crippen LogP contribution in [-0.2, 0) is 10.0 Å². The first-order valence-corrected chi connectivity index (χ1v) is 10.3. The number of rotatable bonds is 2. The average Bonchev–Trinajstić information content (AvgIpc) is 2.62. The first-order chi connectivity index (χ1) is 12.0. The number of fused-ring (bicyclic) bond motifs is 1. The van der Waals surface area contributed by atoms with Crippen LogP contribution in [0, 0.1) is 0 Å². The molecule has 4 nitrogen and oxygen atoms in total. The summed E-state index contributed by atoms with van der Waals surface area (Å²) in [6.45, 7) is 1.00. The molecule has 0 saturated carbocycles. The van der Waals surface area contributed by atoms with Gasteiger partial charge in [-0.1, -0.05) is 42.5 Å². The lowest BCUT2D eigenvalue weighted by atomic mass is 9.88. The van der Waals surface area contributed by atoms with E-state index < -0.39 is 10.0 Å². The van der Waals surface area contributed by atoms with Crippen molar-refractivity contribution in [3.63, 3.8) is 0 Å². The third-order valence-corrected chi connectivity index (χ3v) is 6.34. The van der Waals surface area contributed by atoms with Crippen molar-refractivity contribution in [3.8, 4) is 16.9 Å². The van der Waals surface area contributed by atoms with Crippen molar-refractivity contribution in [2.24, 2.45) is 0 Å². The lowest BCUT2D eigenvalue weighted by Crippen LogP contribution is -2.49. The first kappa shape index (κ1) is 16.4. The van der Waals surface area contributed by atoms with Crippen molar-refractivity contribution in [3.05, 3.63) is 60.2 Å². The van der Waals surface area contributed by atoms with Gasteiger partial charge in [-0.25, -0.2) is 12.7 Å². The molecule has 25 heavy (non-hydrogen) atoms. The van der Waals surface area contributed by atoms with Gasteiger partial charge < -0.3 is 4.74 Å². The lowest BCUT2D eigenvalue weighted by Gasteiger charge is -2.41. The Kier molecular flexibility index (Phi) is 3.93. The van der Waals surface area contributed by atoms with E-state index in [4.69, 9.17) is 4.74 Å². The molecule has 0 radical (unpaired) electrons. The summed E-state index contributed by atoms with van der Waals surface area (Å²) >= 11 is 0. The van der Waals surface area contributed by atoms with Crippen molar-refractivity contribution in [1.82, 2.24) is 4.31 Å². The molecule has 0 aromatic heterocycles. The Balaban J connectivity index is 1.56. The van der Waals surface area contributed by atoms with Gasteiger partial charge in [0, 0.05) is 31.5 Å². The maximum Gasteiger partial charge on any atom is 0.211 e. The molecule has 0 atom stereocenters. The van der Waals surface area contributed by atoms with Gasteiger partial charge in [0.1, 0.15) is 11.4 Å². The van der Waals surface area contributed by atoms with Crippen molar-refractivity contribution in [1.29, 1.82) is 0 Å². The molecule has 2 aliphatic rings. The molecular weight excluding hydrogens is 334 g/mol. The standard InChI is InChI=1S/C20H21NO3S/c1-25(22,23)21-13-11-20(12-14-21)10-9-18-15-17(7-8-19(18)24-20)16-5-3-2-4-6-16/h2-10,15H,11-14H2,1H3. The summed E-state index contributed by atoms with van der Waals surface area (Å²) in [5.41, 5.74) is 3.02. The van der Waals surface area contributed by atoms with Crippen molar-refractivity contribution < 1.29 is 13.2 Å². The molecule has 2 aromatic rings. The average molecular weight is 355 g/mol. The normalized spacial score (nSPS) is 19.4. The van der Waals surface area contributed by atoms with Crippen LogP contribution >= 0.6 is 0 Å². The Morgan fingerprint density at radius 2 is 1.72 bits per heavy atom. The van der Waals surface area contributed by atoms with E-state index in [2.05, 4.69) is 36.4 Å². The molecule has 1 spiro atoms. The van der Waals surface area contributed by atoms with E-state index in [0.717, 1.165) is 16.9 Å². The summed E-state index contributed by atoms with van der Waals surface area (Å²) in [4.78, 5) is 0. The van der Waals surface area contributed by atoms with E-state index in [9.17, 15) is 8.42 Å². The van der Waals surface area contributed by atoms with E-state index in [-0.39, 0.29) is 5.60 Å². The number of benzene rings is 2. The monoisotopic (exact) mass is 355 g/mol. The van der Waals surface area contributed by atoms with Gasteiger partial charge in [-0.05, 0) is 29.3 Å². The fourth-order valence-corrected chi connectivity index (χ4v) is 4.39. The first-order valence-electron chi connectivity index (χ1n) is 8.48. The number of hydrogen-bond donors (Lipinski definition) is 0. The quantitative estimate of drug-likeness (QED) is 0.828. The summed E-state index contributed by atoms with van der Waals surface area (Å²) in [5, 5.41) is 0. The number of nitrogens with zero attached hydrogens (tertiary/aromatic N) is 1. The third-order valence-electron chi connectivity index (χ3n) is 5.03. The van der Waals surface area contributed by atoms with E-state index in [1.54, 1.807) is 0 Å². The highest BCUT2D eigenvalue weighted by molar-refractivity contribution is 7.88. The highest BCUT2D eigenvalue weighted by Crippen LogP contribution is 2.39. The molecule has 130 valence electrons. The van der Waals surface area contributed by atoms with E-state index in [0.29, 0.717) is 25.9 Å². The molecule has 0 bridgehead atoms. The summed E-state index contributed by atoms with van der Waals surface area (Å²) in [7, 11) is -3.12. The highest BCUT2D eigenvalue weighted by atomic mass is 32.2. The summed E-state index contributed by atoms with van der Waals surface area (Å²) in [5.74, 6) is 0.870. The number of hydrogen-bond acceptors (Lipinski definition) is 3. The fraction of sp³-hybridized carbons (Fsp3) is 0.300. The van der Waals surface area contributed by atoms with E-state index in [1.165, 1.54) is 16.1 Å². The SMILES string of the molecule is CS(=O)(=O)N1CCC2(C=Cc3cc(-c4ccccc4)ccc3O2)CC1. The molecule has 2 aliphatic heterocycles. The van der Waals surface area contributed by atoms with Crippen molar-refractivity contribution in [2.45, 2.75) is 18.4 Å². The van der Waals surface area contributed by atoms with Crippen LogP contribution in [-0.4, -0.2) is 37.7 Å². The molecule has 0 amide bonds. The summed E-state index contributed by atoms with van der Waals surface area (Å²) < 4.78 is 31.2. The van der Waals surface area contributed by atoms with Gasteiger partial charge in [0.2, 0.25) is 10.0 Å². The van der Waals surface area contributed by atoms with Gasteiger partial charge in [0.15, 0.2) is 0 Å². The number of ether oxygens (including phenoxy) is 1.